The number of Topliss-reactive ketones (excluding diaryl/α,β-unsaturated/α-hetero) is 1. The summed E-state index contributed by atoms with van der Waals surface area (Å²) in [6.07, 6.45) is 8.05. The van der Waals surface area contributed by atoms with E-state index < -0.39 is 0 Å². The Kier molecular flexibility index (Phi) is 1.54. The zero-order valence-electron chi connectivity index (χ0n) is 6.54. The van der Waals surface area contributed by atoms with E-state index >= 15 is 0 Å². The Morgan fingerprint density at radius 2 is 1.75 bits per heavy atom. The Morgan fingerprint density at radius 3 is 2.50 bits per heavy atom. The molecule has 0 unspecified atom stereocenters. The molecule has 2 heteroatoms. The van der Waals surface area contributed by atoms with Crippen molar-refractivity contribution in [3.8, 4) is 0 Å². The number of rotatable bonds is 0. The molecule has 0 aromatic carbocycles. The van der Waals surface area contributed by atoms with Crippen LogP contribution in [-0.4, -0.2) is 11.6 Å². The van der Waals surface area contributed by atoms with Gasteiger partial charge in [-0.15, -0.1) is 0 Å². The number of carbonyl (C=O) groups excluding carboxylic acids is 2. The third kappa shape index (κ3) is 0.961. The summed E-state index contributed by atoms with van der Waals surface area (Å²) in [4.78, 5) is 22.5. The van der Waals surface area contributed by atoms with Gasteiger partial charge in [0, 0.05) is 6.42 Å². The molecule has 0 aromatic rings. The van der Waals surface area contributed by atoms with Crippen molar-refractivity contribution < 1.29 is 9.59 Å². The van der Waals surface area contributed by atoms with E-state index in [1.54, 1.807) is 6.08 Å². The molecule has 0 aliphatic heterocycles. The van der Waals surface area contributed by atoms with E-state index in [-0.39, 0.29) is 11.6 Å². The number of carbonyl (C=O) groups is 2. The van der Waals surface area contributed by atoms with Gasteiger partial charge in [0.05, 0.1) is 5.57 Å². The minimum atomic E-state index is -0.134. The molecule has 2 rings (SSSR count). The van der Waals surface area contributed by atoms with Gasteiger partial charge >= 0.3 is 0 Å². The van der Waals surface area contributed by atoms with Crippen molar-refractivity contribution in [1.82, 2.24) is 0 Å². The maximum atomic E-state index is 11.3. The molecule has 0 fully saturated rings. The minimum absolute atomic E-state index is 0.0400. The SMILES string of the molecule is O=C1C=CCC2=C1C(=O)CC=C2. The van der Waals surface area contributed by atoms with E-state index in [4.69, 9.17) is 0 Å². The van der Waals surface area contributed by atoms with Crippen molar-refractivity contribution in [3.05, 3.63) is 35.5 Å². The fraction of sp³-hybridized carbons (Fsp3) is 0.200. The van der Waals surface area contributed by atoms with Gasteiger partial charge in [-0.05, 0) is 18.1 Å². The quantitative estimate of drug-likeness (QED) is 0.501. The molecule has 0 saturated carbocycles. The lowest BCUT2D eigenvalue weighted by Crippen LogP contribution is -2.17. The highest BCUT2D eigenvalue weighted by molar-refractivity contribution is 6.26. The van der Waals surface area contributed by atoms with Crippen molar-refractivity contribution in [2.24, 2.45) is 0 Å². The molecule has 0 N–H and O–H groups in total. The second-order valence-corrected chi connectivity index (χ2v) is 2.90. The molecule has 0 aromatic heterocycles. The predicted molar refractivity (Wildman–Crippen MR) is 44.6 cm³/mol. The Hall–Kier alpha value is -1.44. The van der Waals surface area contributed by atoms with Crippen LogP contribution in [-0.2, 0) is 9.59 Å². The van der Waals surface area contributed by atoms with Crippen LogP contribution in [0.5, 0.6) is 0 Å². The van der Waals surface area contributed by atoms with Crippen LogP contribution in [0.1, 0.15) is 12.8 Å². The molecule has 2 aliphatic rings. The van der Waals surface area contributed by atoms with Crippen LogP contribution in [0.2, 0.25) is 0 Å². The highest BCUT2D eigenvalue weighted by Gasteiger charge is 2.23. The summed E-state index contributed by atoms with van der Waals surface area (Å²) in [5.74, 6) is -0.174. The van der Waals surface area contributed by atoms with Crippen molar-refractivity contribution in [2.45, 2.75) is 12.8 Å². The molecule has 0 spiro atoms. The van der Waals surface area contributed by atoms with Crippen molar-refractivity contribution >= 4 is 11.6 Å². The van der Waals surface area contributed by atoms with Gasteiger partial charge < -0.3 is 0 Å². The maximum absolute atomic E-state index is 11.3. The first kappa shape index (κ1) is 7.22. The molecule has 0 amide bonds. The topological polar surface area (TPSA) is 34.1 Å². The first-order chi connectivity index (χ1) is 5.79. The second kappa shape index (κ2) is 2.55. The zero-order chi connectivity index (χ0) is 8.55. The Bertz CT molecular complexity index is 343. The lowest BCUT2D eigenvalue weighted by Gasteiger charge is -2.14. The molecule has 0 heterocycles. The van der Waals surface area contributed by atoms with Crippen LogP contribution in [0.4, 0.5) is 0 Å². The molecule has 2 aliphatic carbocycles. The molecule has 2 nitrogen and oxygen atoms in total. The zero-order valence-corrected chi connectivity index (χ0v) is 6.54. The Balaban J connectivity index is 2.50. The average Bonchev–Trinajstić information content (AvgIpc) is 2.04. The average molecular weight is 160 g/mol. The Labute approximate surface area is 70.3 Å². The number of allylic oxidation sites excluding steroid dienone is 6. The molecular weight excluding hydrogens is 152 g/mol. The van der Waals surface area contributed by atoms with Gasteiger partial charge in [-0.3, -0.25) is 9.59 Å². The van der Waals surface area contributed by atoms with E-state index in [0.29, 0.717) is 18.4 Å². The van der Waals surface area contributed by atoms with Crippen molar-refractivity contribution in [3.63, 3.8) is 0 Å². The second-order valence-electron chi connectivity index (χ2n) is 2.90. The Morgan fingerprint density at radius 1 is 1.00 bits per heavy atom. The van der Waals surface area contributed by atoms with E-state index in [0.717, 1.165) is 5.57 Å². The summed E-state index contributed by atoms with van der Waals surface area (Å²) in [5.41, 5.74) is 1.28. The van der Waals surface area contributed by atoms with Crippen LogP contribution in [0.25, 0.3) is 0 Å². The van der Waals surface area contributed by atoms with Crippen LogP contribution in [0, 0.1) is 0 Å². The third-order valence-electron chi connectivity index (χ3n) is 2.08. The predicted octanol–water partition coefficient (Wildman–Crippen LogP) is 1.34. The smallest absolute Gasteiger partial charge is 0.189 e. The van der Waals surface area contributed by atoms with E-state index in [9.17, 15) is 9.59 Å². The van der Waals surface area contributed by atoms with Crippen molar-refractivity contribution in [1.29, 1.82) is 0 Å². The van der Waals surface area contributed by atoms with Gasteiger partial charge in [0.25, 0.3) is 0 Å². The van der Waals surface area contributed by atoms with Crippen molar-refractivity contribution in [2.75, 3.05) is 0 Å². The maximum Gasteiger partial charge on any atom is 0.189 e. The standard InChI is InChI=1S/C10H8O2/c11-8-5-1-3-7-4-2-6-9(12)10(7)8/h1-3,6H,4-5H2. The van der Waals surface area contributed by atoms with Crippen LogP contribution in [0.15, 0.2) is 35.5 Å². The summed E-state index contributed by atoms with van der Waals surface area (Å²) < 4.78 is 0. The lowest BCUT2D eigenvalue weighted by atomic mass is 9.88. The van der Waals surface area contributed by atoms with Gasteiger partial charge in [-0.1, -0.05) is 18.2 Å². The molecular formula is C10H8O2. The van der Waals surface area contributed by atoms with Crippen LogP contribution >= 0.6 is 0 Å². The van der Waals surface area contributed by atoms with Gasteiger partial charge in [0.15, 0.2) is 11.6 Å². The van der Waals surface area contributed by atoms with Gasteiger partial charge in [0.1, 0.15) is 0 Å². The number of hydrogen-bond donors (Lipinski definition) is 0. The fourth-order valence-electron chi connectivity index (χ4n) is 1.51. The summed E-state index contributed by atoms with van der Waals surface area (Å²) in [6.45, 7) is 0. The van der Waals surface area contributed by atoms with Crippen LogP contribution < -0.4 is 0 Å². The number of hydrogen-bond acceptors (Lipinski definition) is 2. The summed E-state index contributed by atoms with van der Waals surface area (Å²) in [7, 11) is 0. The minimum Gasteiger partial charge on any atom is -0.294 e. The number of ketones is 2. The highest BCUT2D eigenvalue weighted by atomic mass is 16.1. The summed E-state index contributed by atoms with van der Waals surface area (Å²) >= 11 is 0. The molecule has 12 heavy (non-hydrogen) atoms. The molecule has 0 atom stereocenters. The molecule has 0 saturated heterocycles. The van der Waals surface area contributed by atoms with E-state index in [1.165, 1.54) is 6.08 Å². The highest BCUT2D eigenvalue weighted by Crippen LogP contribution is 2.23. The third-order valence-corrected chi connectivity index (χ3v) is 2.08. The fourth-order valence-corrected chi connectivity index (χ4v) is 1.51. The van der Waals surface area contributed by atoms with Crippen LogP contribution in [0.3, 0.4) is 0 Å². The first-order valence-corrected chi connectivity index (χ1v) is 3.93. The summed E-state index contributed by atoms with van der Waals surface area (Å²) in [6, 6.07) is 0. The normalized spacial score (nSPS) is 21.7. The van der Waals surface area contributed by atoms with Gasteiger partial charge in [-0.2, -0.15) is 0 Å². The largest absolute Gasteiger partial charge is 0.294 e. The molecule has 0 radical (unpaired) electrons. The molecule has 60 valence electrons. The lowest BCUT2D eigenvalue weighted by molar-refractivity contribution is -0.119. The first-order valence-electron chi connectivity index (χ1n) is 3.93. The molecule has 0 bridgehead atoms. The van der Waals surface area contributed by atoms with E-state index in [1.807, 2.05) is 12.2 Å². The van der Waals surface area contributed by atoms with Gasteiger partial charge in [0.2, 0.25) is 0 Å². The van der Waals surface area contributed by atoms with E-state index in [2.05, 4.69) is 0 Å². The van der Waals surface area contributed by atoms with Gasteiger partial charge in [-0.25, -0.2) is 0 Å². The monoisotopic (exact) mass is 160 g/mol. The summed E-state index contributed by atoms with van der Waals surface area (Å²) in [5, 5.41) is 0.